The summed E-state index contributed by atoms with van der Waals surface area (Å²) >= 11 is 0. The molecule has 1 N–H and O–H groups in total. The van der Waals surface area contributed by atoms with Gasteiger partial charge in [0, 0.05) is 0 Å². The summed E-state index contributed by atoms with van der Waals surface area (Å²) in [6.45, 7) is 7.71. The Morgan fingerprint density at radius 1 is 1.41 bits per heavy atom. The molecule has 3 nitrogen and oxygen atoms in total. The molecule has 1 unspecified atom stereocenters. The quantitative estimate of drug-likeness (QED) is 0.883. The lowest BCUT2D eigenvalue weighted by Gasteiger charge is -2.23. The summed E-state index contributed by atoms with van der Waals surface area (Å²) in [5, 5.41) is 8.51. The number of rotatable bonds is 3. The molecule has 0 bridgehead atoms. The fourth-order valence-electron chi connectivity index (χ4n) is 1.51. The van der Waals surface area contributed by atoms with E-state index in [9.17, 15) is 9.18 Å². The first-order chi connectivity index (χ1) is 7.71. The number of ether oxygens (including phenoxy) is 1. The number of hydrogen-bond donors (Lipinski definition) is 1. The van der Waals surface area contributed by atoms with Crippen molar-refractivity contribution in [3.05, 3.63) is 29.3 Å². The number of carboxylic acids is 1. The van der Waals surface area contributed by atoms with E-state index in [2.05, 4.69) is 0 Å². The molecule has 94 valence electrons. The van der Waals surface area contributed by atoms with Crippen molar-refractivity contribution in [2.75, 3.05) is 0 Å². The molecule has 1 atom stereocenters. The second-order valence-electron chi connectivity index (χ2n) is 5.02. The van der Waals surface area contributed by atoms with E-state index < -0.39 is 12.3 Å². The third kappa shape index (κ3) is 3.44. The third-order valence-corrected chi connectivity index (χ3v) is 2.37. The minimum Gasteiger partial charge on any atom is -0.476 e. The number of aliphatic carboxylic acids is 1. The van der Waals surface area contributed by atoms with E-state index in [-0.39, 0.29) is 11.2 Å². The minimum atomic E-state index is -2.34. The third-order valence-electron chi connectivity index (χ3n) is 2.37. The molecule has 0 aliphatic carbocycles. The Balaban J connectivity index is 3.12. The smallest absolute Gasteiger partial charge is 0.378 e. The maximum Gasteiger partial charge on any atom is 0.378 e. The van der Waals surface area contributed by atoms with Crippen molar-refractivity contribution in [1.82, 2.24) is 0 Å². The Bertz CT molecular complexity index is 421. The number of halogens is 1. The average molecular weight is 240 g/mol. The second-order valence-corrected chi connectivity index (χ2v) is 5.02. The van der Waals surface area contributed by atoms with Crippen LogP contribution in [0, 0.1) is 6.92 Å². The predicted molar refractivity (Wildman–Crippen MR) is 63.0 cm³/mol. The van der Waals surface area contributed by atoms with Gasteiger partial charge in [0.1, 0.15) is 5.75 Å². The normalized spacial score (nSPS) is 13.2. The molecule has 0 aromatic heterocycles. The van der Waals surface area contributed by atoms with Gasteiger partial charge in [-0.3, -0.25) is 0 Å². The van der Waals surface area contributed by atoms with E-state index in [1.54, 1.807) is 6.07 Å². The van der Waals surface area contributed by atoms with Crippen molar-refractivity contribution >= 4 is 5.97 Å². The van der Waals surface area contributed by atoms with Gasteiger partial charge in [0.15, 0.2) is 0 Å². The number of alkyl halides is 1. The van der Waals surface area contributed by atoms with Crippen molar-refractivity contribution in [3.63, 3.8) is 0 Å². The molecule has 0 amide bonds. The molecule has 0 aliphatic heterocycles. The van der Waals surface area contributed by atoms with Crippen LogP contribution in [0.5, 0.6) is 5.75 Å². The Hall–Kier alpha value is -1.58. The number of hydrogen-bond acceptors (Lipinski definition) is 2. The van der Waals surface area contributed by atoms with Gasteiger partial charge >= 0.3 is 12.3 Å². The maximum atomic E-state index is 13.1. The van der Waals surface area contributed by atoms with E-state index in [0.29, 0.717) is 0 Å². The van der Waals surface area contributed by atoms with Crippen LogP contribution in [0.4, 0.5) is 4.39 Å². The van der Waals surface area contributed by atoms with Crippen molar-refractivity contribution in [2.45, 2.75) is 39.5 Å². The van der Waals surface area contributed by atoms with E-state index in [1.165, 1.54) is 0 Å². The first kappa shape index (κ1) is 13.5. The highest BCUT2D eigenvalue weighted by Gasteiger charge is 2.23. The van der Waals surface area contributed by atoms with Crippen molar-refractivity contribution in [2.24, 2.45) is 0 Å². The molecule has 0 fully saturated rings. The maximum absolute atomic E-state index is 13.1. The molecular weight excluding hydrogens is 223 g/mol. The Kier molecular flexibility index (Phi) is 3.76. The highest BCUT2D eigenvalue weighted by atomic mass is 19.1. The molecule has 0 saturated heterocycles. The van der Waals surface area contributed by atoms with Crippen LogP contribution in [-0.4, -0.2) is 17.4 Å². The van der Waals surface area contributed by atoms with Gasteiger partial charge in [-0.1, -0.05) is 32.9 Å². The van der Waals surface area contributed by atoms with Gasteiger partial charge in [-0.05, 0) is 29.5 Å². The summed E-state index contributed by atoms with van der Waals surface area (Å²) in [6.07, 6.45) is -2.34. The molecule has 4 heteroatoms. The van der Waals surface area contributed by atoms with Crippen LogP contribution in [0.15, 0.2) is 18.2 Å². The van der Waals surface area contributed by atoms with Crippen LogP contribution in [0.25, 0.3) is 0 Å². The first-order valence-electron chi connectivity index (χ1n) is 5.36. The van der Waals surface area contributed by atoms with Crippen molar-refractivity contribution in [1.29, 1.82) is 0 Å². The van der Waals surface area contributed by atoms with Gasteiger partial charge in [-0.2, -0.15) is 4.39 Å². The van der Waals surface area contributed by atoms with Crippen molar-refractivity contribution < 1.29 is 19.0 Å². The topological polar surface area (TPSA) is 46.5 Å². The summed E-state index contributed by atoms with van der Waals surface area (Å²) in [5.41, 5.74) is 1.44. The van der Waals surface area contributed by atoms with Crippen LogP contribution in [0.2, 0.25) is 0 Å². The fourth-order valence-corrected chi connectivity index (χ4v) is 1.51. The van der Waals surface area contributed by atoms with E-state index in [4.69, 9.17) is 9.84 Å². The van der Waals surface area contributed by atoms with E-state index in [1.807, 2.05) is 39.8 Å². The van der Waals surface area contributed by atoms with Crippen LogP contribution in [-0.2, 0) is 10.2 Å². The lowest BCUT2D eigenvalue weighted by molar-refractivity contribution is -0.153. The lowest BCUT2D eigenvalue weighted by Crippen LogP contribution is -2.23. The van der Waals surface area contributed by atoms with Gasteiger partial charge < -0.3 is 9.84 Å². The van der Waals surface area contributed by atoms with E-state index >= 15 is 0 Å². The minimum absolute atomic E-state index is 0.235. The zero-order valence-electron chi connectivity index (χ0n) is 10.5. The van der Waals surface area contributed by atoms with Gasteiger partial charge in [0.2, 0.25) is 0 Å². The second kappa shape index (κ2) is 4.73. The molecule has 0 heterocycles. The molecule has 1 rings (SSSR count). The van der Waals surface area contributed by atoms with Crippen LogP contribution < -0.4 is 4.74 Å². The van der Waals surface area contributed by atoms with Gasteiger partial charge in [-0.25, -0.2) is 4.79 Å². The summed E-state index contributed by atoms with van der Waals surface area (Å²) in [6, 6.07) is 5.37. The van der Waals surface area contributed by atoms with Gasteiger partial charge in [0.05, 0.1) is 0 Å². The molecular formula is C13H17FO3. The summed E-state index contributed by atoms with van der Waals surface area (Å²) < 4.78 is 17.9. The van der Waals surface area contributed by atoms with E-state index in [0.717, 1.165) is 11.1 Å². The largest absolute Gasteiger partial charge is 0.476 e. The molecule has 0 radical (unpaired) electrons. The first-order valence-corrected chi connectivity index (χ1v) is 5.36. The zero-order valence-corrected chi connectivity index (χ0v) is 10.5. The Morgan fingerprint density at radius 2 is 2.00 bits per heavy atom. The molecule has 0 aliphatic rings. The number of benzene rings is 1. The fraction of sp³-hybridized carbons (Fsp3) is 0.462. The summed E-state index contributed by atoms with van der Waals surface area (Å²) in [5.74, 6) is -1.33. The zero-order chi connectivity index (χ0) is 13.2. The van der Waals surface area contributed by atoms with Crippen molar-refractivity contribution in [3.8, 4) is 5.75 Å². The number of carbonyl (C=O) groups is 1. The summed E-state index contributed by atoms with van der Waals surface area (Å²) in [4.78, 5) is 10.4. The molecule has 1 aromatic rings. The number of aryl methyl sites for hydroxylation is 1. The Morgan fingerprint density at radius 3 is 2.47 bits per heavy atom. The van der Waals surface area contributed by atoms with Gasteiger partial charge in [0.25, 0.3) is 0 Å². The lowest BCUT2D eigenvalue weighted by atomic mass is 9.86. The molecule has 0 spiro atoms. The monoisotopic (exact) mass is 240 g/mol. The SMILES string of the molecule is Cc1ccc(C(C)(C)C)c(OC(F)C(=O)O)c1. The Labute approximate surface area is 100 Å². The standard InChI is InChI=1S/C13H17FO3/c1-8-5-6-9(13(2,3)4)10(7-8)17-11(14)12(15)16/h5-7,11H,1-4H3,(H,15,16). The van der Waals surface area contributed by atoms with Crippen LogP contribution in [0.3, 0.4) is 0 Å². The summed E-state index contributed by atoms with van der Waals surface area (Å²) in [7, 11) is 0. The highest BCUT2D eigenvalue weighted by molar-refractivity contribution is 5.71. The molecule has 17 heavy (non-hydrogen) atoms. The highest BCUT2D eigenvalue weighted by Crippen LogP contribution is 2.32. The van der Waals surface area contributed by atoms with Crippen LogP contribution in [0.1, 0.15) is 31.9 Å². The van der Waals surface area contributed by atoms with Crippen LogP contribution >= 0.6 is 0 Å². The number of carboxylic acid groups (broad SMARTS) is 1. The average Bonchev–Trinajstić information content (AvgIpc) is 2.15. The van der Waals surface area contributed by atoms with Gasteiger partial charge in [-0.15, -0.1) is 0 Å². The molecule has 1 aromatic carbocycles. The molecule has 0 saturated carbocycles. The predicted octanol–water partition coefficient (Wildman–Crippen LogP) is 3.05.